The number of rotatable bonds is 6. The highest BCUT2D eigenvalue weighted by atomic mass is 79.9. The number of anilines is 2. The van der Waals surface area contributed by atoms with Crippen LogP contribution in [0.25, 0.3) is 11.4 Å². The number of carbonyl (C=O) groups is 2. The van der Waals surface area contributed by atoms with Gasteiger partial charge in [-0.1, -0.05) is 64.0 Å². The summed E-state index contributed by atoms with van der Waals surface area (Å²) in [4.78, 5) is 23.3. The number of Topliss-reactive ketones (excluding diaryl/α,β-unsaturated/α-hetero) is 1. The first-order chi connectivity index (χ1) is 29.9. The highest BCUT2D eigenvalue weighted by Gasteiger charge is 2.10. The number of nitrogen functional groups attached to an aromatic ring is 2. The Morgan fingerprint density at radius 3 is 1.62 bits per heavy atom. The Hall–Kier alpha value is -6.15. The number of hydrogen-bond acceptors (Lipinski definition) is 4. The van der Waals surface area contributed by atoms with E-state index in [0.717, 1.165) is 55.9 Å². The van der Waals surface area contributed by atoms with Crippen molar-refractivity contribution in [1.29, 1.82) is 0 Å². The summed E-state index contributed by atoms with van der Waals surface area (Å²) < 4.78 is 5.19. The molecule has 8 rings (SSSR count). The maximum Gasteiger partial charge on any atom is 0.252 e. The minimum absolute atomic E-state index is 0.164. The molecule has 0 saturated heterocycles. The second-order valence-corrected chi connectivity index (χ2v) is 17.3. The lowest BCUT2D eigenvalue weighted by atomic mass is 9.98. The molecule has 0 atom stereocenters. The van der Waals surface area contributed by atoms with Gasteiger partial charge in [0.05, 0.1) is 0 Å². The molecule has 1 aliphatic carbocycles. The normalized spacial score (nSPS) is 11.1. The van der Waals surface area contributed by atoms with Crippen molar-refractivity contribution in [3.63, 3.8) is 0 Å². The van der Waals surface area contributed by atoms with Gasteiger partial charge in [-0.25, -0.2) is 0 Å². The molecule has 0 radical (unpaired) electrons. The molecule has 326 valence electrons. The molecule has 0 spiro atoms. The Morgan fingerprint density at radius 2 is 1.14 bits per heavy atom. The number of carbonyl (C=O) groups excluding carboxylic acids is 2. The summed E-state index contributed by atoms with van der Waals surface area (Å²) in [6.45, 7) is 18.4. The average Bonchev–Trinajstić information content (AvgIpc) is 4.02. The average molecular weight is 924 g/mol. The second-order valence-electron chi connectivity index (χ2n) is 16.1. The highest BCUT2D eigenvalue weighted by Crippen LogP contribution is 2.20. The molecule has 0 aliphatic heterocycles. The molecule has 0 saturated carbocycles. The first-order valence-corrected chi connectivity index (χ1v) is 22.0. The van der Waals surface area contributed by atoms with Crippen molar-refractivity contribution in [2.75, 3.05) is 11.5 Å². The molecule has 0 bridgehead atoms. The van der Waals surface area contributed by atoms with Gasteiger partial charge in [-0.2, -0.15) is 0 Å². The van der Waals surface area contributed by atoms with E-state index in [4.69, 9.17) is 23.1 Å². The Morgan fingerprint density at radius 1 is 0.587 bits per heavy atom. The van der Waals surface area contributed by atoms with E-state index in [-0.39, 0.29) is 5.78 Å². The monoisotopic (exact) mass is 922 g/mol. The van der Waals surface area contributed by atoms with E-state index < -0.39 is 5.24 Å². The largest absolute Gasteiger partial charge is 0.399 e. The van der Waals surface area contributed by atoms with Crippen molar-refractivity contribution in [2.45, 2.75) is 75.2 Å². The van der Waals surface area contributed by atoms with Gasteiger partial charge < -0.3 is 20.6 Å². The third-order valence-electron chi connectivity index (χ3n) is 10.2. The van der Waals surface area contributed by atoms with Crippen molar-refractivity contribution in [3.05, 3.63) is 223 Å². The van der Waals surface area contributed by atoms with E-state index in [2.05, 4.69) is 114 Å². The van der Waals surface area contributed by atoms with E-state index in [1.807, 2.05) is 113 Å². The van der Waals surface area contributed by atoms with Crippen LogP contribution in [-0.2, 0) is 6.42 Å². The lowest BCUT2D eigenvalue weighted by Gasteiger charge is -2.09. The smallest absolute Gasteiger partial charge is 0.252 e. The van der Waals surface area contributed by atoms with Crippen LogP contribution in [0.15, 0.2) is 162 Å². The zero-order chi connectivity index (χ0) is 46.2. The van der Waals surface area contributed by atoms with E-state index >= 15 is 0 Å². The predicted octanol–water partition coefficient (Wildman–Crippen LogP) is 14.4. The summed E-state index contributed by atoms with van der Waals surface area (Å²) in [5.41, 5.74) is 28.4. The standard InChI is InChI=1S/C21H21NO.C12H14N2.C9H9ClO.C7H8BrN.C6H8/c1-15-10-18(13-20(11-15)22-8-4-5-9-22)14-21(23)19-7-6-16(2)17(3)12-19;1-9-3-4-14(8-9)12-6-10(2)5-11(13)7-12;1-6-3-4-8(9(10)11)5-7(6)2;1-5-2-6(8)4-7(9)3-5;1-6-4-2-3-5-6/h4-13H,14H2,1-3H3;3-8H,13H2,1-2H3;3-5H,1-2H3;2-4H,9H2,1H3;2,4-5H,3H2,1H3. The van der Waals surface area contributed by atoms with Crippen molar-refractivity contribution in [1.82, 2.24) is 9.13 Å². The van der Waals surface area contributed by atoms with Gasteiger partial charge in [-0.15, -0.1) is 0 Å². The highest BCUT2D eigenvalue weighted by molar-refractivity contribution is 9.10. The summed E-state index contributed by atoms with van der Waals surface area (Å²) in [7, 11) is 0. The third kappa shape index (κ3) is 16.6. The number of nitrogens with zero attached hydrogens (tertiary/aromatic N) is 2. The number of nitrogens with two attached hydrogens (primary N) is 2. The molecule has 7 aromatic rings. The molecule has 2 heterocycles. The molecule has 0 unspecified atom stereocenters. The van der Waals surface area contributed by atoms with Crippen LogP contribution in [0.3, 0.4) is 0 Å². The van der Waals surface area contributed by atoms with E-state index in [1.54, 1.807) is 12.1 Å². The molecule has 6 nitrogen and oxygen atoms in total. The Kier molecular flexibility index (Phi) is 18.8. The molecule has 63 heavy (non-hydrogen) atoms. The SMILES string of the molecule is CC1=CCC=C1.Cc1cc(CC(=O)c2ccc(C)c(C)c2)cc(-n2cccc2)c1.Cc1cc(N)cc(-n2ccc(C)c2)c1.Cc1cc(N)cc(Br)c1.Cc1ccc(C(=O)Cl)cc1C. The number of hydrogen-bond donors (Lipinski definition) is 2. The van der Waals surface area contributed by atoms with Crippen molar-refractivity contribution < 1.29 is 9.59 Å². The summed E-state index contributed by atoms with van der Waals surface area (Å²) in [5.74, 6) is 0.164. The molecular formula is C55H60BrClN4O2. The molecule has 5 aromatic carbocycles. The van der Waals surface area contributed by atoms with E-state index in [9.17, 15) is 9.59 Å². The van der Waals surface area contributed by atoms with Crippen LogP contribution < -0.4 is 11.5 Å². The fourth-order valence-electron chi connectivity index (χ4n) is 6.61. The summed E-state index contributed by atoms with van der Waals surface area (Å²) in [6, 6.07) is 35.7. The molecular weight excluding hydrogens is 864 g/mol. The molecule has 4 N–H and O–H groups in total. The van der Waals surface area contributed by atoms with Crippen LogP contribution in [0.1, 0.15) is 84.1 Å². The van der Waals surface area contributed by atoms with Gasteiger partial charge in [0, 0.05) is 69.6 Å². The lowest BCUT2D eigenvalue weighted by Crippen LogP contribution is -2.05. The summed E-state index contributed by atoms with van der Waals surface area (Å²) >= 11 is 8.62. The van der Waals surface area contributed by atoms with E-state index in [0.29, 0.717) is 12.0 Å². The van der Waals surface area contributed by atoms with Gasteiger partial charge >= 0.3 is 0 Å². The van der Waals surface area contributed by atoms with Crippen LogP contribution in [0.2, 0.25) is 0 Å². The first kappa shape index (κ1) is 49.5. The maximum absolute atomic E-state index is 12.6. The zero-order valence-electron chi connectivity index (χ0n) is 38.0. The summed E-state index contributed by atoms with van der Waals surface area (Å²) in [6.07, 6.45) is 16.3. The molecule has 0 amide bonds. The number of ketones is 1. The minimum Gasteiger partial charge on any atom is -0.399 e. The van der Waals surface area contributed by atoms with Gasteiger partial charge in [-0.05, 0) is 215 Å². The number of aryl methyl sites for hydroxylation is 8. The summed E-state index contributed by atoms with van der Waals surface area (Å²) in [5, 5.41) is -0.395. The molecule has 8 heteroatoms. The Bertz CT molecular complexity index is 2630. The van der Waals surface area contributed by atoms with Crippen LogP contribution in [0.5, 0.6) is 0 Å². The van der Waals surface area contributed by atoms with Gasteiger partial charge in [0.25, 0.3) is 5.24 Å². The minimum atomic E-state index is -0.395. The van der Waals surface area contributed by atoms with Crippen molar-refractivity contribution in [3.8, 4) is 11.4 Å². The van der Waals surface area contributed by atoms with Gasteiger partial charge in [0.15, 0.2) is 5.78 Å². The quantitative estimate of drug-likeness (QED) is 0.0986. The fourth-order valence-corrected chi connectivity index (χ4v) is 7.35. The number of allylic oxidation sites excluding steroid dienone is 4. The Balaban J connectivity index is 0.000000187. The Labute approximate surface area is 388 Å². The van der Waals surface area contributed by atoms with E-state index in [1.165, 1.54) is 39.0 Å². The van der Waals surface area contributed by atoms with Crippen LogP contribution in [-0.4, -0.2) is 20.2 Å². The number of benzene rings is 5. The first-order valence-electron chi connectivity index (χ1n) is 20.9. The zero-order valence-corrected chi connectivity index (χ0v) is 40.3. The van der Waals surface area contributed by atoms with Crippen LogP contribution in [0, 0.1) is 55.4 Å². The lowest BCUT2D eigenvalue weighted by molar-refractivity contribution is 0.0992. The number of aromatic nitrogens is 2. The number of halogens is 2. The predicted molar refractivity (Wildman–Crippen MR) is 271 cm³/mol. The topological polar surface area (TPSA) is 96.0 Å². The van der Waals surface area contributed by atoms with Crippen LogP contribution >= 0.6 is 27.5 Å². The van der Waals surface area contributed by atoms with Gasteiger partial charge in [-0.3, -0.25) is 9.59 Å². The van der Waals surface area contributed by atoms with Crippen LogP contribution in [0.4, 0.5) is 11.4 Å². The van der Waals surface area contributed by atoms with Crippen molar-refractivity contribution >= 4 is 49.9 Å². The second kappa shape index (κ2) is 23.9. The molecule has 1 aliphatic rings. The van der Waals surface area contributed by atoms with Crippen molar-refractivity contribution in [2.24, 2.45) is 0 Å². The molecule has 2 aromatic heterocycles. The maximum atomic E-state index is 12.6. The van der Waals surface area contributed by atoms with Gasteiger partial charge in [0.1, 0.15) is 0 Å². The van der Waals surface area contributed by atoms with Gasteiger partial charge in [0.2, 0.25) is 0 Å². The fraction of sp³-hybridized carbons (Fsp3) is 0.200. The third-order valence-corrected chi connectivity index (χ3v) is 10.9. The molecule has 0 fully saturated rings.